The Bertz CT molecular complexity index is 166. The molecular formula is C6H12ClN3. The average molecular weight is 162 g/mol. The third-order valence-electron chi connectivity index (χ3n) is 1.32. The van der Waals surface area contributed by atoms with E-state index in [2.05, 4.69) is 11.5 Å². The largest absolute Gasteiger partial charge is 1.00 e. The molecule has 4 heteroatoms. The van der Waals surface area contributed by atoms with E-state index in [0.717, 1.165) is 6.54 Å². The van der Waals surface area contributed by atoms with Gasteiger partial charge in [0, 0.05) is 0 Å². The van der Waals surface area contributed by atoms with Gasteiger partial charge in [-0.25, -0.2) is 9.13 Å². The van der Waals surface area contributed by atoms with Crippen molar-refractivity contribution >= 4 is 0 Å². The smallest absolute Gasteiger partial charge is 0.244 e. The van der Waals surface area contributed by atoms with Gasteiger partial charge >= 0.3 is 0 Å². The van der Waals surface area contributed by atoms with Crippen molar-refractivity contribution in [2.24, 2.45) is 5.73 Å². The molecule has 1 aromatic rings. The summed E-state index contributed by atoms with van der Waals surface area (Å²) < 4.78 is 4.01. The van der Waals surface area contributed by atoms with Crippen LogP contribution in [0.25, 0.3) is 0 Å². The van der Waals surface area contributed by atoms with E-state index in [4.69, 9.17) is 5.73 Å². The summed E-state index contributed by atoms with van der Waals surface area (Å²) in [6.45, 7) is 3.67. The molecule has 0 radical (unpaired) electrons. The lowest BCUT2D eigenvalue weighted by atomic mass is 10.7. The van der Waals surface area contributed by atoms with E-state index < -0.39 is 0 Å². The molecule has 0 aromatic carbocycles. The quantitative estimate of drug-likeness (QED) is 0.454. The Kier molecular flexibility index (Phi) is 4.07. The number of imidazole rings is 1. The van der Waals surface area contributed by atoms with Crippen LogP contribution in [-0.2, 0) is 13.2 Å². The van der Waals surface area contributed by atoms with Gasteiger partial charge in [-0.2, -0.15) is 0 Å². The van der Waals surface area contributed by atoms with E-state index in [1.165, 1.54) is 0 Å². The topological polar surface area (TPSA) is 34.8 Å². The molecule has 0 saturated heterocycles. The first kappa shape index (κ1) is 9.46. The fraction of sp³-hybridized carbons (Fsp3) is 0.500. The molecule has 0 amide bonds. The monoisotopic (exact) mass is 161 g/mol. The molecule has 0 spiro atoms. The molecule has 0 saturated carbocycles. The van der Waals surface area contributed by atoms with Gasteiger partial charge in [-0.1, -0.05) is 0 Å². The number of halogens is 1. The Balaban J connectivity index is 0.000000810. The van der Waals surface area contributed by atoms with Gasteiger partial charge in [0.25, 0.3) is 0 Å². The molecular weight excluding hydrogens is 150 g/mol. The Morgan fingerprint density at radius 3 is 2.60 bits per heavy atom. The lowest BCUT2D eigenvalue weighted by molar-refractivity contribution is -0.695. The molecule has 0 fully saturated rings. The van der Waals surface area contributed by atoms with E-state index in [-0.39, 0.29) is 12.4 Å². The molecule has 0 aliphatic carbocycles. The zero-order valence-corrected chi connectivity index (χ0v) is 6.75. The van der Waals surface area contributed by atoms with Crippen molar-refractivity contribution in [2.75, 3.05) is 0 Å². The normalized spacial score (nSPS) is 9.00. The fourth-order valence-corrected chi connectivity index (χ4v) is 0.734. The number of nitrogens with two attached hydrogens (primary N) is 1. The maximum Gasteiger partial charge on any atom is 0.244 e. The van der Waals surface area contributed by atoms with Gasteiger partial charge in [-0.3, -0.25) is 5.73 Å². The van der Waals surface area contributed by atoms with E-state index >= 15 is 0 Å². The molecule has 0 bridgehead atoms. The summed E-state index contributed by atoms with van der Waals surface area (Å²) in [6, 6.07) is 0. The van der Waals surface area contributed by atoms with Gasteiger partial charge in [0.1, 0.15) is 19.1 Å². The summed E-state index contributed by atoms with van der Waals surface area (Å²) in [7, 11) is 0. The minimum atomic E-state index is 0. The highest BCUT2D eigenvalue weighted by molar-refractivity contribution is 4.64. The van der Waals surface area contributed by atoms with Crippen molar-refractivity contribution in [1.29, 1.82) is 0 Å². The summed E-state index contributed by atoms with van der Waals surface area (Å²) in [6.07, 6.45) is 5.95. The molecule has 1 rings (SSSR count). The second-order valence-electron chi connectivity index (χ2n) is 1.94. The first-order valence-electron chi connectivity index (χ1n) is 3.11. The Labute approximate surface area is 66.9 Å². The van der Waals surface area contributed by atoms with E-state index in [1.807, 2.05) is 23.3 Å². The zero-order chi connectivity index (χ0) is 6.69. The molecule has 0 aliphatic heterocycles. The molecule has 2 N–H and O–H groups in total. The predicted molar refractivity (Wildman–Crippen MR) is 34.5 cm³/mol. The predicted octanol–water partition coefficient (Wildman–Crippen LogP) is -3.28. The van der Waals surface area contributed by atoms with E-state index in [0.29, 0.717) is 6.67 Å². The van der Waals surface area contributed by atoms with Gasteiger partial charge in [0.05, 0.1) is 6.54 Å². The minimum absolute atomic E-state index is 0. The molecule has 3 nitrogen and oxygen atoms in total. The maximum atomic E-state index is 5.37. The maximum absolute atomic E-state index is 5.37. The molecule has 10 heavy (non-hydrogen) atoms. The van der Waals surface area contributed by atoms with Crippen molar-refractivity contribution in [3.8, 4) is 0 Å². The number of nitrogens with zero attached hydrogens (tertiary/aromatic N) is 2. The summed E-state index contributed by atoms with van der Waals surface area (Å²) in [5.41, 5.74) is 5.37. The second kappa shape index (κ2) is 4.30. The van der Waals surface area contributed by atoms with E-state index in [1.54, 1.807) is 0 Å². The molecule has 0 aliphatic rings. The summed E-state index contributed by atoms with van der Waals surface area (Å²) in [5.74, 6) is 0. The highest BCUT2D eigenvalue weighted by Crippen LogP contribution is 1.80. The third kappa shape index (κ3) is 2.01. The Hall–Kier alpha value is -0.540. The first-order chi connectivity index (χ1) is 4.36. The van der Waals surface area contributed by atoms with Crippen molar-refractivity contribution in [1.82, 2.24) is 4.57 Å². The summed E-state index contributed by atoms with van der Waals surface area (Å²) >= 11 is 0. The van der Waals surface area contributed by atoms with Crippen LogP contribution in [0, 0.1) is 0 Å². The average Bonchev–Trinajstić information content (AvgIpc) is 2.34. The number of hydrogen-bond donors (Lipinski definition) is 1. The van der Waals surface area contributed by atoms with Crippen molar-refractivity contribution in [3.05, 3.63) is 18.7 Å². The van der Waals surface area contributed by atoms with Gasteiger partial charge in [0.2, 0.25) is 6.33 Å². The summed E-state index contributed by atoms with van der Waals surface area (Å²) in [5, 5.41) is 0. The Morgan fingerprint density at radius 1 is 1.60 bits per heavy atom. The van der Waals surface area contributed by atoms with Gasteiger partial charge < -0.3 is 12.4 Å². The number of hydrogen-bond acceptors (Lipinski definition) is 1. The van der Waals surface area contributed by atoms with Gasteiger partial charge in [-0.15, -0.1) is 0 Å². The second-order valence-corrected chi connectivity index (χ2v) is 1.94. The lowest BCUT2D eigenvalue weighted by Gasteiger charge is -1.84. The van der Waals surface area contributed by atoms with Crippen LogP contribution < -0.4 is 22.7 Å². The number of aromatic nitrogens is 2. The van der Waals surface area contributed by atoms with Crippen molar-refractivity contribution < 1.29 is 17.0 Å². The van der Waals surface area contributed by atoms with Crippen LogP contribution in [0.1, 0.15) is 6.92 Å². The highest BCUT2D eigenvalue weighted by atomic mass is 35.5. The number of rotatable bonds is 2. The zero-order valence-electron chi connectivity index (χ0n) is 6.00. The molecule has 0 unspecified atom stereocenters. The van der Waals surface area contributed by atoms with Gasteiger partial charge in [-0.05, 0) is 6.92 Å². The van der Waals surface area contributed by atoms with Crippen LogP contribution in [0.2, 0.25) is 0 Å². The summed E-state index contributed by atoms with van der Waals surface area (Å²) in [4.78, 5) is 0. The third-order valence-corrected chi connectivity index (χ3v) is 1.32. The van der Waals surface area contributed by atoms with Crippen LogP contribution in [0.4, 0.5) is 0 Å². The van der Waals surface area contributed by atoms with Crippen molar-refractivity contribution in [2.45, 2.75) is 20.1 Å². The van der Waals surface area contributed by atoms with Crippen molar-refractivity contribution in [3.63, 3.8) is 0 Å². The fourth-order valence-electron chi connectivity index (χ4n) is 0.734. The lowest BCUT2D eigenvalue weighted by Crippen LogP contribution is -3.00. The van der Waals surface area contributed by atoms with Crippen LogP contribution in [0.3, 0.4) is 0 Å². The molecule has 1 heterocycles. The minimum Gasteiger partial charge on any atom is -1.00 e. The van der Waals surface area contributed by atoms with Crippen LogP contribution >= 0.6 is 0 Å². The van der Waals surface area contributed by atoms with E-state index in [9.17, 15) is 0 Å². The Morgan fingerprint density at radius 2 is 2.30 bits per heavy atom. The molecule has 58 valence electrons. The first-order valence-corrected chi connectivity index (χ1v) is 3.11. The molecule has 1 aromatic heterocycles. The highest BCUT2D eigenvalue weighted by Gasteiger charge is 1.96. The van der Waals surface area contributed by atoms with Gasteiger partial charge in [0.15, 0.2) is 0 Å². The SMILES string of the molecule is CCn1cc[n+](CN)c1.[Cl-]. The van der Waals surface area contributed by atoms with Crippen LogP contribution in [0.15, 0.2) is 18.7 Å². The van der Waals surface area contributed by atoms with Crippen LogP contribution in [0.5, 0.6) is 0 Å². The number of aryl methyl sites for hydroxylation is 1. The van der Waals surface area contributed by atoms with Crippen LogP contribution in [-0.4, -0.2) is 4.57 Å². The molecule has 0 atom stereocenters. The standard InChI is InChI=1S/C6H12N3.ClH/c1-2-8-3-4-9(5-7)6-8;/h3-4,6H,2,5,7H2,1H3;1H/q+1;/p-1.